The summed E-state index contributed by atoms with van der Waals surface area (Å²) in [6.07, 6.45) is 4.81. The van der Waals surface area contributed by atoms with E-state index in [1.54, 1.807) is 11.3 Å². The van der Waals surface area contributed by atoms with Gasteiger partial charge in [-0.1, -0.05) is 0 Å². The van der Waals surface area contributed by atoms with Crippen molar-refractivity contribution in [3.05, 3.63) is 27.1 Å². The molecule has 102 valence electrons. The lowest BCUT2D eigenvalue weighted by Gasteiger charge is -2.11. The fourth-order valence-electron chi connectivity index (χ4n) is 2.60. The Labute approximate surface area is 114 Å². The van der Waals surface area contributed by atoms with Crippen LogP contribution in [0.4, 0.5) is 0 Å². The van der Waals surface area contributed by atoms with E-state index in [4.69, 9.17) is 5.11 Å². The summed E-state index contributed by atoms with van der Waals surface area (Å²) in [7, 11) is 0. The molecule has 2 aromatic rings. The number of hydrogen-bond acceptors (Lipinski definition) is 5. The van der Waals surface area contributed by atoms with Crippen molar-refractivity contribution in [2.24, 2.45) is 0 Å². The monoisotopic (exact) mass is 280 g/mol. The summed E-state index contributed by atoms with van der Waals surface area (Å²) in [5, 5.41) is 19.0. The van der Waals surface area contributed by atoms with Gasteiger partial charge >= 0.3 is 0 Å². The van der Waals surface area contributed by atoms with Crippen molar-refractivity contribution >= 4 is 21.6 Å². The van der Waals surface area contributed by atoms with Gasteiger partial charge in [0.15, 0.2) is 0 Å². The predicted molar refractivity (Wildman–Crippen MR) is 73.6 cm³/mol. The highest BCUT2D eigenvalue weighted by Gasteiger charge is 2.20. The molecule has 0 aromatic carbocycles. The van der Waals surface area contributed by atoms with E-state index in [9.17, 15) is 9.90 Å². The zero-order valence-electron chi connectivity index (χ0n) is 10.5. The zero-order valence-corrected chi connectivity index (χ0v) is 11.3. The molecule has 0 aliphatic heterocycles. The van der Waals surface area contributed by atoms with E-state index in [2.05, 4.69) is 4.98 Å². The molecule has 0 fully saturated rings. The molecule has 1 unspecified atom stereocenters. The molecule has 5 nitrogen and oxygen atoms in total. The summed E-state index contributed by atoms with van der Waals surface area (Å²) >= 11 is 1.61. The van der Waals surface area contributed by atoms with Crippen LogP contribution in [0.5, 0.6) is 0 Å². The van der Waals surface area contributed by atoms with Gasteiger partial charge in [-0.05, 0) is 31.2 Å². The summed E-state index contributed by atoms with van der Waals surface area (Å²) in [6, 6.07) is 0. The largest absolute Gasteiger partial charge is 0.394 e. The summed E-state index contributed by atoms with van der Waals surface area (Å²) in [6.45, 7) is -0.269. The van der Waals surface area contributed by atoms with Gasteiger partial charge in [0.1, 0.15) is 4.83 Å². The van der Waals surface area contributed by atoms with Crippen LogP contribution < -0.4 is 5.56 Å². The van der Waals surface area contributed by atoms with Crippen LogP contribution in [0.25, 0.3) is 10.2 Å². The van der Waals surface area contributed by atoms with Crippen LogP contribution in [0, 0.1) is 0 Å². The second kappa shape index (κ2) is 5.03. The fourth-order valence-corrected chi connectivity index (χ4v) is 3.82. The average molecular weight is 280 g/mol. The maximum atomic E-state index is 12.4. The van der Waals surface area contributed by atoms with Crippen LogP contribution in [-0.4, -0.2) is 32.5 Å². The van der Waals surface area contributed by atoms with Gasteiger partial charge in [0.2, 0.25) is 0 Å². The standard InChI is InChI=1S/C13H16N2O3S/c16-6-8(17)5-15-7-14-12-11(13(15)18)9-3-1-2-4-10(9)19-12/h7-8,16-17H,1-6H2. The lowest BCUT2D eigenvalue weighted by molar-refractivity contribution is 0.0803. The summed E-state index contributed by atoms with van der Waals surface area (Å²) < 4.78 is 1.39. The van der Waals surface area contributed by atoms with E-state index >= 15 is 0 Å². The Kier molecular flexibility index (Phi) is 3.38. The molecular weight excluding hydrogens is 264 g/mol. The Morgan fingerprint density at radius 1 is 1.42 bits per heavy atom. The van der Waals surface area contributed by atoms with Gasteiger partial charge in [-0.15, -0.1) is 11.3 Å². The normalized spacial score (nSPS) is 16.5. The minimum Gasteiger partial charge on any atom is -0.394 e. The molecule has 19 heavy (non-hydrogen) atoms. The van der Waals surface area contributed by atoms with Crippen molar-refractivity contribution in [1.82, 2.24) is 9.55 Å². The topological polar surface area (TPSA) is 75.4 Å². The van der Waals surface area contributed by atoms with Crippen molar-refractivity contribution in [2.75, 3.05) is 6.61 Å². The average Bonchev–Trinajstić information content (AvgIpc) is 2.81. The first kappa shape index (κ1) is 12.8. The van der Waals surface area contributed by atoms with Crippen LogP contribution >= 0.6 is 11.3 Å². The van der Waals surface area contributed by atoms with Gasteiger partial charge < -0.3 is 10.2 Å². The number of aryl methyl sites for hydroxylation is 2. The Morgan fingerprint density at radius 2 is 2.21 bits per heavy atom. The summed E-state index contributed by atoms with van der Waals surface area (Å²) in [4.78, 5) is 18.9. The second-order valence-electron chi connectivity index (χ2n) is 4.93. The Morgan fingerprint density at radius 3 is 3.00 bits per heavy atom. The smallest absolute Gasteiger partial charge is 0.262 e. The number of aliphatic hydroxyl groups excluding tert-OH is 2. The second-order valence-corrected chi connectivity index (χ2v) is 6.01. The predicted octanol–water partition coefficient (Wildman–Crippen LogP) is 0.690. The molecule has 0 spiro atoms. The first-order chi connectivity index (χ1) is 9.20. The molecule has 3 rings (SSSR count). The fraction of sp³-hybridized carbons (Fsp3) is 0.538. The maximum absolute atomic E-state index is 12.4. The molecule has 2 N–H and O–H groups in total. The van der Waals surface area contributed by atoms with Gasteiger partial charge in [0.25, 0.3) is 5.56 Å². The number of fused-ring (bicyclic) bond motifs is 3. The molecule has 2 aromatic heterocycles. The van der Waals surface area contributed by atoms with Crippen molar-refractivity contribution in [2.45, 2.75) is 38.3 Å². The van der Waals surface area contributed by atoms with Gasteiger partial charge in [-0.3, -0.25) is 9.36 Å². The van der Waals surface area contributed by atoms with E-state index in [-0.39, 0.29) is 18.7 Å². The first-order valence-electron chi connectivity index (χ1n) is 6.49. The first-order valence-corrected chi connectivity index (χ1v) is 7.31. The number of aromatic nitrogens is 2. The van der Waals surface area contributed by atoms with Crippen molar-refractivity contribution in [3.63, 3.8) is 0 Å². The Bertz CT molecular complexity index is 662. The molecule has 0 amide bonds. The molecule has 0 radical (unpaired) electrons. The number of aliphatic hydroxyl groups is 2. The van der Waals surface area contributed by atoms with Crippen LogP contribution in [0.1, 0.15) is 23.3 Å². The molecule has 0 saturated heterocycles. The van der Waals surface area contributed by atoms with E-state index < -0.39 is 6.10 Å². The maximum Gasteiger partial charge on any atom is 0.262 e. The minimum atomic E-state index is -0.925. The number of thiophene rings is 1. The lowest BCUT2D eigenvalue weighted by atomic mass is 9.97. The Hall–Kier alpha value is -1.24. The molecule has 1 aliphatic rings. The number of rotatable bonds is 3. The van der Waals surface area contributed by atoms with E-state index in [0.29, 0.717) is 5.39 Å². The quantitative estimate of drug-likeness (QED) is 0.867. The lowest BCUT2D eigenvalue weighted by Crippen LogP contribution is -2.29. The van der Waals surface area contributed by atoms with E-state index in [1.165, 1.54) is 22.2 Å². The molecule has 1 aliphatic carbocycles. The van der Waals surface area contributed by atoms with Gasteiger partial charge in [-0.2, -0.15) is 0 Å². The van der Waals surface area contributed by atoms with Crippen LogP contribution in [-0.2, 0) is 19.4 Å². The molecule has 0 bridgehead atoms. The van der Waals surface area contributed by atoms with Crippen LogP contribution in [0.3, 0.4) is 0 Å². The molecular formula is C13H16N2O3S. The van der Waals surface area contributed by atoms with E-state index in [1.807, 2.05) is 0 Å². The van der Waals surface area contributed by atoms with E-state index in [0.717, 1.165) is 29.7 Å². The third kappa shape index (κ3) is 2.20. The van der Waals surface area contributed by atoms with Gasteiger partial charge in [0, 0.05) is 4.88 Å². The van der Waals surface area contributed by atoms with Crippen LogP contribution in [0.15, 0.2) is 11.1 Å². The number of hydrogen-bond donors (Lipinski definition) is 2. The SMILES string of the molecule is O=c1c2c3c(sc2ncn1CC(O)CO)CCCC3. The van der Waals surface area contributed by atoms with Gasteiger partial charge in [0.05, 0.1) is 31.0 Å². The van der Waals surface area contributed by atoms with Crippen molar-refractivity contribution in [1.29, 1.82) is 0 Å². The van der Waals surface area contributed by atoms with Crippen LogP contribution in [0.2, 0.25) is 0 Å². The van der Waals surface area contributed by atoms with Crippen molar-refractivity contribution < 1.29 is 10.2 Å². The third-order valence-corrected chi connectivity index (χ3v) is 4.76. The van der Waals surface area contributed by atoms with Crippen molar-refractivity contribution in [3.8, 4) is 0 Å². The van der Waals surface area contributed by atoms with Gasteiger partial charge in [-0.25, -0.2) is 4.98 Å². The highest BCUT2D eigenvalue weighted by Crippen LogP contribution is 2.33. The summed E-state index contributed by atoms with van der Waals surface area (Å²) in [5.74, 6) is 0. The molecule has 0 saturated carbocycles. The molecule has 2 heterocycles. The highest BCUT2D eigenvalue weighted by atomic mass is 32.1. The molecule has 1 atom stereocenters. The third-order valence-electron chi connectivity index (χ3n) is 3.56. The number of nitrogens with zero attached hydrogens (tertiary/aromatic N) is 2. The zero-order chi connectivity index (χ0) is 13.4. The highest BCUT2D eigenvalue weighted by molar-refractivity contribution is 7.18. The summed E-state index contributed by atoms with van der Waals surface area (Å²) in [5.41, 5.74) is 1.05. The molecule has 6 heteroatoms. The minimum absolute atomic E-state index is 0.0862. The Balaban J connectivity index is 2.13.